The number of hydrogen-bond acceptors (Lipinski definition) is 3. The molecule has 1 saturated carbocycles. The van der Waals surface area contributed by atoms with Crippen LogP contribution in [-0.2, 0) is 24.2 Å². The molecule has 1 amide bonds. The van der Waals surface area contributed by atoms with Gasteiger partial charge in [-0.1, -0.05) is 37.5 Å². The Balaban J connectivity index is 1.37. The highest BCUT2D eigenvalue weighted by atomic mass is 127. The van der Waals surface area contributed by atoms with Crippen LogP contribution in [0, 0.1) is 14.9 Å². The van der Waals surface area contributed by atoms with Crippen molar-refractivity contribution >= 4 is 28.5 Å². The van der Waals surface area contributed by atoms with E-state index in [0.717, 1.165) is 56.4 Å². The molecule has 4 nitrogen and oxygen atoms in total. The van der Waals surface area contributed by atoms with E-state index in [1.54, 1.807) is 0 Å². The molecule has 4 rings (SSSR count). The summed E-state index contributed by atoms with van der Waals surface area (Å²) in [7, 11) is 0. The van der Waals surface area contributed by atoms with Crippen LogP contribution >= 0.6 is 22.6 Å². The molecule has 5 heteroatoms. The van der Waals surface area contributed by atoms with Crippen molar-refractivity contribution in [2.45, 2.75) is 63.5 Å². The van der Waals surface area contributed by atoms with Gasteiger partial charge in [0.1, 0.15) is 0 Å². The molecular formula is C26H30IN3O. The lowest BCUT2D eigenvalue weighted by Gasteiger charge is -2.40. The van der Waals surface area contributed by atoms with Gasteiger partial charge >= 0.3 is 0 Å². The Morgan fingerprint density at radius 3 is 2.61 bits per heavy atom. The lowest BCUT2D eigenvalue weighted by molar-refractivity contribution is -0.123. The van der Waals surface area contributed by atoms with Crippen molar-refractivity contribution in [3.8, 4) is 6.07 Å². The molecule has 0 radical (unpaired) electrons. The van der Waals surface area contributed by atoms with Crippen molar-refractivity contribution in [2.75, 3.05) is 13.1 Å². The number of carbonyl (C=O) groups is 1. The molecular weight excluding hydrogens is 497 g/mol. The standard InChI is InChI=1S/C26H30IN3O/c27-24-8-5-20(6-9-24)17-25(31)29-26(11-2-1-3-12-26)13-15-30-14-10-22-16-21(18-28)4-7-23(22)19-30/h4-9,16H,1-3,10-15,17,19H2,(H,29,31). The average molecular weight is 527 g/mol. The zero-order chi connectivity index (χ0) is 21.7. The van der Waals surface area contributed by atoms with Crippen molar-refractivity contribution in [2.24, 2.45) is 0 Å². The van der Waals surface area contributed by atoms with E-state index >= 15 is 0 Å². The predicted molar refractivity (Wildman–Crippen MR) is 132 cm³/mol. The van der Waals surface area contributed by atoms with Crippen LogP contribution < -0.4 is 5.32 Å². The highest BCUT2D eigenvalue weighted by molar-refractivity contribution is 14.1. The minimum atomic E-state index is -0.0660. The van der Waals surface area contributed by atoms with Gasteiger partial charge in [-0.05, 0) is 89.2 Å². The molecule has 1 aliphatic heterocycles. The first-order valence-electron chi connectivity index (χ1n) is 11.3. The van der Waals surface area contributed by atoms with Crippen molar-refractivity contribution < 1.29 is 4.79 Å². The number of halogens is 1. The van der Waals surface area contributed by atoms with Gasteiger partial charge in [-0.25, -0.2) is 0 Å². The third kappa shape index (κ3) is 5.87. The number of nitrogens with zero attached hydrogens (tertiary/aromatic N) is 2. The molecule has 1 fully saturated rings. The maximum Gasteiger partial charge on any atom is 0.224 e. The summed E-state index contributed by atoms with van der Waals surface area (Å²) < 4.78 is 1.19. The largest absolute Gasteiger partial charge is 0.350 e. The van der Waals surface area contributed by atoms with Gasteiger partial charge in [-0.3, -0.25) is 9.69 Å². The molecule has 162 valence electrons. The van der Waals surface area contributed by atoms with E-state index in [1.807, 2.05) is 12.1 Å². The van der Waals surface area contributed by atoms with E-state index in [-0.39, 0.29) is 11.4 Å². The van der Waals surface area contributed by atoms with Crippen molar-refractivity contribution in [3.05, 3.63) is 68.3 Å². The number of benzene rings is 2. The maximum atomic E-state index is 12.9. The Morgan fingerprint density at radius 2 is 1.87 bits per heavy atom. The van der Waals surface area contributed by atoms with E-state index in [0.29, 0.717) is 6.42 Å². The van der Waals surface area contributed by atoms with Crippen LogP contribution in [0.5, 0.6) is 0 Å². The van der Waals surface area contributed by atoms with Crippen LogP contribution in [-0.4, -0.2) is 29.4 Å². The highest BCUT2D eigenvalue weighted by Gasteiger charge is 2.34. The molecule has 2 aromatic rings. The van der Waals surface area contributed by atoms with Crippen LogP contribution in [0.25, 0.3) is 0 Å². The third-order valence-electron chi connectivity index (χ3n) is 6.83. The first-order chi connectivity index (χ1) is 15.0. The molecule has 2 aliphatic rings. The zero-order valence-electron chi connectivity index (χ0n) is 18.0. The second kappa shape index (κ2) is 10.1. The second-order valence-corrected chi connectivity index (χ2v) is 10.3. The Kier molecular flexibility index (Phi) is 7.29. The van der Waals surface area contributed by atoms with Gasteiger partial charge in [-0.15, -0.1) is 0 Å². The number of rotatable bonds is 6. The highest BCUT2D eigenvalue weighted by Crippen LogP contribution is 2.32. The van der Waals surface area contributed by atoms with Crippen LogP contribution in [0.1, 0.15) is 60.8 Å². The zero-order valence-corrected chi connectivity index (χ0v) is 20.2. The van der Waals surface area contributed by atoms with Gasteiger partial charge in [0, 0.05) is 28.7 Å². The van der Waals surface area contributed by atoms with Gasteiger partial charge in [0.2, 0.25) is 5.91 Å². The summed E-state index contributed by atoms with van der Waals surface area (Å²) in [4.78, 5) is 15.4. The van der Waals surface area contributed by atoms with Gasteiger partial charge in [0.15, 0.2) is 0 Å². The van der Waals surface area contributed by atoms with Gasteiger partial charge in [0.25, 0.3) is 0 Å². The quantitative estimate of drug-likeness (QED) is 0.540. The second-order valence-electron chi connectivity index (χ2n) is 9.06. The first-order valence-corrected chi connectivity index (χ1v) is 12.4. The molecule has 0 aromatic heterocycles. The Morgan fingerprint density at radius 1 is 1.10 bits per heavy atom. The fourth-order valence-electron chi connectivity index (χ4n) is 5.04. The lowest BCUT2D eigenvalue weighted by atomic mass is 9.78. The molecule has 0 atom stereocenters. The van der Waals surface area contributed by atoms with Crippen LogP contribution in [0.15, 0.2) is 42.5 Å². The average Bonchev–Trinajstić information content (AvgIpc) is 2.79. The molecule has 0 saturated heterocycles. The summed E-state index contributed by atoms with van der Waals surface area (Å²) in [6.07, 6.45) is 8.30. The summed E-state index contributed by atoms with van der Waals surface area (Å²) in [6.45, 7) is 2.96. The Labute approximate surface area is 199 Å². The van der Waals surface area contributed by atoms with E-state index in [9.17, 15) is 4.79 Å². The normalized spacial score (nSPS) is 18.1. The summed E-state index contributed by atoms with van der Waals surface area (Å²) >= 11 is 2.29. The summed E-state index contributed by atoms with van der Waals surface area (Å²) in [6, 6.07) is 16.6. The molecule has 0 unspecified atom stereocenters. The molecule has 1 heterocycles. The van der Waals surface area contributed by atoms with Crippen molar-refractivity contribution in [3.63, 3.8) is 0 Å². The molecule has 2 aromatic carbocycles. The molecule has 0 bridgehead atoms. The van der Waals surface area contributed by atoms with Crippen LogP contribution in [0.2, 0.25) is 0 Å². The molecule has 1 aliphatic carbocycles. The predicted octanol–water partition coefficient (Wildman–Crippen LogP) is 4.97. The topological polar surface area (TPSA) is 56.1 Å². The molecule has 1 N–H and O–H groups in total. The summed E-state index contributed by atoms with van der Waals surface area (Å²) in [5.41, 5.74) is 4.42. The SMILES string of the molecule is N#Cc1ccc2c(c1)CCN(CCC1(NC(=O)Cc3ccc(I)cc3)CCCCC1)C2. The van der Waals surface area contributed by atoms with E-state index in [4.69, 9.17) is 5.26 Å². The van der Waals surface area contributed by atoms with Crippen LogP contribution in [0.3, 0.4) is 0 Å². The van der Waals surface area contributed by atoms with Gasteiger partial charge in [-0.2, -0.15) is 5.26 Å². The fraction of sp³-hybridized carbons (Fsp3) is 0.462. The number of carbonyl (C=O) groups excluding carboxylic acids is 1. The number of nitriles is 1. The number of fused-ring (bicyclic) bond motifs is 1. The monoisotopic (exact) mass is 527 g/mol. The summed E-state index contributed by atoms with van der Waals surface area (Å²) in [5.74, 6) is 0.149. The molecule has 0 spiro atoms. The number of nitrogens with one attached hydrogen (secondary N) is 1. The maximum absolute atomic E-state index is 12.9. The van der Waals surface area contributed by atoms with Crippen molar-refractivity contribution in [1.82, 2.24) is 10.2 Å². The summed E-state index contributed by atoms with van der Waals surface area (Å²) in [5, 5.41) is 12.6. The van der Waals surface area contributed by atoms with Crippen LogP contribution in [0.4, 0.5) is 0 Å². The molecule has 31 heavy (non-hydrogen) atoms. The Bertz CT molecular complexity index is 958. The fourth-order valence-corrected chi connectivity index (χ4v) is 5.40. The third-order valence-corrected chi connectivity index (χ3v) is 7.55. The van der Waals surface area contributed by atoms with E-state index < -0.39 is 0 Å². The van der Waals surface area contributed by atoms with Crippen molar-refractivity contribution in [1.29, 1.82) is 5.26 Å². The Hall–Kier alpha value is -1.91. The van der Waals surface area contributed by atoms with Gasteiger partial charge in [0.05, 0.1) is 18.1 Å². The number of amides is 1. The lowest BCUT2D eigenvalue weighted by Crippen LogP contribution is -2.52. The van der Waals surface area contributed by atoms with E-state index in [2.05, 4.69) is 69.2 Å². The smallest absolute Gasteiger partial charge is 0.224 e. The first kappa shape index (κ1) is 22.3. The minimum Gasteiger partial charge on any atom is -0.350 e. The minimum absolute atomic E-state index is 0.0660. The number of hydrogen-bond donors (Lipinski definition) is 1. The van der Waals surface area contributed by atoms with Gasteiger partial charge < -0.3 is 5.32 Å². The van der Waals surface area contributed by atoms with E-state index in [1.165, 1.54) is 34.0 Å².